The summed E-state index contributed by atoms with van der Waals surface area (Å²) in [5.41, 5.74) is 0. The molecule has 2 rings (SSSR count). The molecule has 0 bridgehead atoms. The van der Waals surface area contributed by atoms with Gasteiger partial charge in [-0.25, -0.2) is 4.98 Å². The second-order valence-corrected chi connectivity index (χ2v) is 4.59. The highest BCUT2D eigenvalue weighted by molar-refractivity contribution is 5.84. The third-order valence-corrected chi connectivity index (χ3v) is 3.40. The summed E-state index contributed by atoms with van der Waals surface area (Å²) in [6.45, 7) is 0.314. The van der Waals surface area contributed by atoms with Gasteiger partial charge in [-0.1, -0.05) is 12.8 Å². The smallest absolute Gasteiger partial charge is 0.307 e. The topological polar surface area (TPSA) is 95.1 Å². The van der Waals surface area contributed by atoms with Gasteiger partial charge in [0.15, 0.2) is 0 Å². The molecule has 6 nitrogen and oxygen atoms in total. The molecule has 98 valence electrons. The van der Waals surface area contributed by atoms with E-state index in [2.05, 4.69) is 15.3 Å². The van der Waals surface area contributed by atoms with Gasteiger partial charge in [0.25, 0.3) is 0 Å². The summed E-state index contributed by atoms with van der Waals surface area (Å²) in [6, 6.07) is 0. The Kier molecular flexibility index (Phi) is 3.96. The molecule has 2 unspecified atom stereocenters. The zero-order chi connectivity index (χ0) is 13.0. The van der Waals surface area contributed by atoms with E-state index in [-0.39, 0.29) is 5.91 Å². The van der Waals surface area contributed by atoms with Crippen molar-refractivity contribution >= 4 is 11.9 Å². The molecule has 1 heterocycles. The summed E-state index contributed by atoms with van der Waals surface area (Å²) in [6.07, 6.45) is 6.35. The first kappa shape index (κ1) is 12.6. The van der Waals surface area contributed by atoms with E-state index in [1.807, 2.05) is 0 Å². The molecule has 1 aliphatic rings. The average molecular weight is 251 g/mol. The Morgan fingerprint density at radius 2 is 2.11 bits per heavy atom. The minimum atomic E-state index is -0.868. The van der Waals surface area contributed by atoms with Gasteiger partial charge in [-0.3, -0.25) is 9.59 Å². The molecule has 3 N–H and O–H groups in total. The van der Waals surface area contributed by atoms with Crippen LogP contribution >= 0.6 is 0 Å². The van der Waals surface area contributed by atoms with Crippen molar-refractivity contribution in [2.75, 3.05) is 0 Å². The molecule has 0 spiro atoms. The quantitative estimate of drug-likeness (QED) is 0.741. The van der Waals surface area contributed by atoms with Crippen LogP contribution < -0.4 is 5.32 Å². The van der Waals surface area contributed by atoms with E-state index in [0.717, 1.165) is 12.8 Å². The van der Waals surface area contributed by atoms with Crippen molar-refractivity contribution in [3.8, 4) is 0 Å². The number of carboxylic acid groups (broad SMARTS) is 1. The molecule has 0 aromatic carbocycles. The van der Waals surface area contributed by atoms with E-state index < -0.39 is 17.8 Å². The minimum Gasteiger partial charge on any atom is -0.481 e. The Balaban J connectivity index is 1.92. The molecule has 6 heteroatoms. The number of hydrogen-bond acceptors (Lipinski definition) is 3. The van der Waals surface area contributed by atoms with E-state index in [1.165, 1.54) is 0 Å². The van der Waals surface area contributed by atoms with Gasteiger partial charge in [-0.15, -0.1) is 0 Å². The number of carboxylic acids is 1. The zero-order valence-electron chi connectivity index (χ0n) is 10.1. The molecule has 0 aliphatic heterocycles. The number of nitrogens with zero attached hydrogens (tertiary/aromatic N) is 1. The largest absolute Gasteiger partial charge is 0.481 e. The maximum Gasteiger partial charge on any atom is 0.307 e. The zero-order valence-corrected chi connectivity index (χ0v) is 10.1. The third kappa shape index (κ3) is 2.88. The lowest BCUT2D eigenvalue weighted by Gasteiger charge is -2.27. The lowest BCUT2D eigenvalue weighted by atomic mass is 9.79. The van der Waals surface area contributed by atoms with Crippen LogP contribution in [0.3, 0.4) is 0 Å². The highest BCUT2D eigenvalue weighted by atomic mass is 16.4. The molecule has 2 atom stereocenters. The van der Waals surface area contributed by atoms with E-state index >= 15 is 0 Å². The highest BCUT2D eigenvalue weighted by Crippen LogP contribution is 2.30. The van der Waals surface area contributed by atoms with Gasteiger partial charge in [0, 0.05) is 12.4 Å². The number of H-pyrrole nitrogens is 1. The fourth-order valence-corrected chi connectivity index (χ4v) is 2.44. The van der Waals surface area contributed by atoms with Crippen LogP contribution in [0.1, 0.15) is 31.5 Å². The Morgan fingerprint density at radius 3 is 2.72 bits per heavy atom. The van der Waals surface area contributed by atoms with Gasteiger partial charge in [0.1, 0.15) is 5.82 Å². The first-order valence-electron chi connectivity index (χ1n) is 6.17. The Hall–Kier alpha value is -1.85. The number of amides is 1. The summed E-state index contributed by atoms with van der Waals surface area (Å²) < 4.78 is 0. The summed E-state index contributed by atoms with van der Waals surface area (Å²) in [5, 5.41) is 11.9. The van der Waals surface area contributed by atoms with E-state index in [4.69, 9.17) is 5.11 Å². The van der Waals surface area contributed by atoms with Crippen LogP contribution in [0.2, 0.25) is 0 Å². The number of carbonyl (C=O) groups is 2. The molecular weight excluding hydrogens is 234 g/mol. The Labute approximate surface area is 105 Å². The van der Waals surface area contributed by atoms with Gasteiger partial charge in [-0.05, 0) is 12.8 Å². The number of aromatic nitrogens is 2. The number of carbonyl (C=O) groups excluding carboxylic acids is 1. The third-order valence-electron chi connectivity index (χ3n) is 3.40. The summed E-state index contributed by atoms with van der Waals surface area (Å²) in [7, 11) is 0. The van der Waals surface area contributed by atoms with Gasteiger partial charge in [-0.2, -0.15) is 0 Å². The van der Waals surface area contributed by atoms with Crippen LogP contribution in [0.4, 0.5) is 0 Å². The predicted molar refractivity (Wildman–Crippen MR) is 63.5 cm³/mol. The van der Waals surface area contributed by atoms with Crippen molar-refractivity contribution in [3.05, 3.63) is 18.2 Å². The Bertz CT molecular complexity index is 416. The predicted octanol–water partition coefficient (Wildman–Crippen LogP) is 0.917. The fraction of sp³-hybridized carbons (Fsp3) is 0.583. The molecule has 0 saturated heterocycles. The molecule has 1 amide bonds. The minimum absolute atomic E-state index is 0.182. The van der Waals surface area contributed by atoms with Crippen molar-refractivity contribution in [1.82, 2.24) is 15.3 Å². The first-order valence-corrected chi connectivity index (χ1v) is 6.17. The van der Waals surface area contributed by atoms with E-state index in [1.54, 1.807) is 12.4 Å². The van der Waals surface area contributed by atoms with Crippen LogP contribution in [0.15, 0.2) is 12.4 Å². The monoisotopic (exact) mass is 251 g/mol. The molecule has 1 aromatic heterocycles. The normalized spacial score (nSPS) is 23.6. The van der Waals surface area contributed by atoms with Crippen molar-refractivity contribution in [2.45, 2.75) is 32.2 Å². The van der Waals surface area contributed by atoms with Crippen LogP contribution in [0.5, 0.6) is 0 Å². The van der Waals surface area contributed by atoms with Gasteiger partial charge >= 0.3 is 5.97 Å². The van der Waals surface area contributed by atoms with Gasteiger partial charge in [0.2, 0.25) is 5.91 Å². The average Bonchev–Trinajstić information content (AvgIpc) is 2.89. The number of aromatic amines is 1. The summed E-state index contributed by atoms with van der Waals surface area (Å²) >= 11 is 0. The second kappa shape index (κ2) is 5.66. The summed E-state index contributed by atoms with van der Waals surface area (Å²) in [5.74, 6) is -1.33. The number of nitrogens with one attached hydrogen (secondary N) is 2. The van der Waals surface area contributed by atoms with Crippen LogP contribution in [-0.2, 0) is 16.1 Å². The van der Waals surface area contributed by atoms with Gasteiger partial charge in [0.05, 0.1) is 18.4 Å². The highest BCUT2D eigenvalue weighted by Gasteiger charge is 2.35. The number of aliphatic carboxylic acids is 1. The SMILES string of the molecule is O=C(O)C1CCCCC1C(=O)NCc1ncc[nH]1. The lowest BCUT2D eigenvalue weighted by Crippen LogP contribution is -2.39. The Morgan fingerprint density at radius 1 is 1.39 bits per heavy atom. The van der Waals surface area contributed by atoms with Crippen molar-refractivity contribution in [1.29, 1.82) is 0 Å². The fourth-order valence-electron chi connectivity index (χ4n) is 2.44. The standard InChI is InChI=1S/C12H17N3O3/c16-11(15-7-10-13-5-6-14-10)8-3-1-2-4-9(8)12(17)18/h5-6,8-9H,1-4,7H2,(H,13,14)(H,15,16)(H,17,18). The van der Waals surface area contributed by atoms with Crippen LogP contribution in [-0.4, -0.2) is 27.0 Å². The lowest BCUT2D eigenvalue weighted by molar-refractivity contribution is -0.148. The number of hydrogen-bond donors (Lipinski definition) is 3. The molecule has 1 fully saturated rings. The van der Waals surface area contributed by atoms with E-state index in [0.29, 0.717) is 25.2 Å². The molecule has 1 saturated carbocycles. The molecule has 18 heavy (non-hydrogen) atoms. The van der Waals surface area contributed by atoms with Gasteiger partial charge < -0.3 is 15.4 Å². The molecular formula is C12H17N3O3. The number of imidazole rings is 1. The van der Waals surface area contributed by atoms with Crippen molar-refractivity contribution in [2.24, 2.45) is 11.8 Å². The van der Waals surface area contributed by atoms with E-state index in [9.17, 15) is 9.59 Å². The molecule has 1 aromatic rings. The second-order valence-electron chi connectivity index (χ2n) is 4.59. The van der Waals surface area contributed by atoms with Crippen molar-refractivity contribution in [3.63, 3.8) is 0 Å². The van der Waals surface area contributed by atoms with Crippen LogP contribution in [0, 0.1) is 11.8 Å². The van der Waals surface area contributed by atoms with Crippen LogP contribution in [0.25, 0.3) is 0 Å². The first-order chi connectivity index (χ1) is 8.68. The number of rotatable bonds is 4. The molecule has 1 aliphatic carbocycles. The van der Waals surface area contributed by atoms with Crippen molar-refractivity contribution < 1.29 is 14.7 Å². The maximum atomic E-state index is 12.0. The maximum absolute atomic E-state index is 12.0. The molecule has 0 radical (unpaired) electrons. The summed E-state index contributed by atoms with van der Waals surface area (Å²) in [4.78, 5) is 30.0.